The summed E-state index contributed by atoms with van der Waals surface area (Å²) in [5, 5.41) is 4.13. The zero-order valence-electron chi connectivity index (χ0n) is 15.4. The Kier molecular flexibility index (Phi) is 10.8. The molecule has 0 aliphatic carbocycles. The van der Waals surface area contributed by atoms with E-state index in [1.54, 1.807) is 19.1 Å². The van der Waals surface area contributed by atoms with Gasteiger partial charge in [0.05, 0.1) is 23.8 Å². The van der Waals surface area contributed by atoms with Crippen molar-refractivity contribution in [2.75, 3.05) is 20.3 Å². The molecule has 1 aromatic rings. The predicted molar refractivity (Wildman–Crippen MR) is 91.5 cm³/mol. The quantitative estimate of drug-likeness (QED) is 0.237. The first-order valence-corrected chi connectivity index (χ1v) is 8.54. The van der Waals surface area contributed by atoms with E-state index in [-0.39, 0.29) is 12.2 Å². The van der Waals surface area contributed by atoms with E-state index in [9.17, 15) is 9.59 Å². The van der Waals surface area contributed by atoms with Gasteiger partial charge in [-0.05, 0) is 37.6 Å². The first-order valence-electron chi connectivity index (χ1n) is 8.54. The van der Waals surface area contributed by atoms with Crippen molar-refractivity contribution in [1.29, 1.82) is 0 Å². The Labute approximate surface area is 153 Å². The van der Waals surface area contributed by atoms with Crippen molar-refractivity contribution in [2.45, 2.75) is 45.6 Å². The van der Waals surface area contributed by atoms with Crippen LogP contribution < -0.4 is 4.74 Å². The molecule has 0 fully saturated rings. The van der Waals surface area contributed by atoms with Gasteiger partial charge < -0.3 is 14.2 Å². The van der Waals surface area contributed by atoms with Gasteiger partial charge in [-0.25, -0.2) is 14.5 Å². The molecule has 0 aliphatic rings. The summed E-state index contributed by atoms with van der Waals surface area (Å²) in [6.45, 7) is 4.58. The van der Waals surface area contributed by atoms with Crippen LogP contribution in [0.15, 0.2) is 24.3 Å². The van der Waals surface area contributed by atoms with Crippen LogP contribution in [0.2, 0.25) is 0 Å². The second kappa shape index (κ2) is 13.0. The van der Waals surface area contributed by atoms with Gasteiger partial charge in [0.2, 0.25) is 0 Å². The van der Waals surface area contributed by atoms with Gasteiger partial charge in [-0.3, -0.25) is 4.89 Å². The van der Waals surface area contributed by atoms with Crippen LogP contribution >= 0.6 is 0 Å². The maximum atomic E-state index is 11.8. The summed E-state index contributed by atoms with van der Waals surface area (Å²) in [5.41, 5.74) is 0.216. The van der Waals surface area contributed by atoms with Gasteiger partial charge >= 0.3 is 12.1 Å². The van der Waals surface area contributed by atoms with E-state index in [0.29, 0.717) is 12.4 Å². The Bertz CT molecular complexity index is 528. The Morgan fingerprint density at radius 3 is 2.42 bits per heavy atom. The number of unbranched alkanes of at least 4 members (excludes halogenated alkanes) is 3. The van der Waals surface area contributed by atoms with Crippen LogP contribution in [-0.4, -0.2) is 38.6 Å². The molecule has 1 atom stereocenters. The Balaban J connectivity index is 2.27. The van der Waals surface area contributed by atoms with Gasteiger partial charge in [-0.2, -0.15) is 0 Å². The molecular formula is C18H26O8. The van der Waals surface area contributed by atoms with Gasteiger partial charge in [0.15, 0.2) is 0 Å². The fourth-order valence-corrected chi connectivity index (χ4v) is 1.98. The van der Waals surface area contributed by atoms with E-state index in [1.165, 1.54) is 32.1 Å². The molecule has 0 saturated heterocycles. The lowest BCUT2D eigenvalue weighted by molar-refractivity contribution is -0.453. The summed E-state index contributed by atoms with van der Waals surface area (Å²) < 4.78 is 15.1. The van der Waals surface area contributed by atoms with E-state index < -0.39 is 18.2 Å². The van der Waals surface area contributed by atoms with Crippen molar-refractivity contribution in [3.63, 3.8) is 0 Å². The minimum atomic E-state index is -1.14. The Hall–Kier alpha value is -2.32. The molecule has 26 heavy (non-hydrogen) atoms. The lowest BCUT2D eigenvalue weighted by Crippen LogP contribution is -2.21. The highest BCUT2D eigenvalue weighted by atomic mass is 17.5. The minimum absolute atomic E-state index is 0.196. The smallest absolute Gasteiger partial charge is 0.494 e. The number of hydrogen-bond donors (Lipinski definition) is 0. The van der Waals surface area contributed by atoms with Crippen molar-refractivity contribution < 1.29 is 38.6 Å². The van der Waals surface area contributed by atoms with E-state index in [2.05, 4.69) is 21.7 Å². The first-order chi connectivity index (χ1) is 12.6. The summed E-state index contributed by atoms with van der Waals surface area (Å²) in [4.78, 5) is 31.5. The van der Waals surface area contributed by atoms with Crippen molar-refractivity contribution in [3.8, 4) is 5.75 Å². The zero-order valence-corrected chi connectivity index (χ0v) is 15.4. The average Bonchev–Trinajstić information content (AvgIpc) is 2.62. The molecule has 0 aromatic heterocycles. The monoisotopic (exact) mass is 370 g/mol. The molecule has 0 radical (unpaired) electrons. The molecule has 1 aromatic carbocycles. The molecular weight excluding hydrogens is 344 g/mol. The summed E-state index contributed by atoms with van der Waals surface area (Å²) >= 11 is 0. The van der Waals surface area contributed by atoms with E-state index in [1.807, 2.05) is 0 Å². The van der Waals surface area contributed by atoms with Crippen LogP contribution in [0, 0.1) is 0 Å². The predicted octanol–water partition coefficient (Wildman–Crippen LogP) is 3.84. The van der Waals surface area contributed by atoms with Gasteiger partial charge in [0, 0.05) is 7.11 Å². The van der Waals surface area contributed by atoms with Gasteiger partial charge in [0.25, 0.3) is 0 Å². The molecule has 0 spiro atoms. The average molecular weight is 370 g/mol. The largest absolute Gasteiger partial charge is 0.543 e. The number of ether oxygens (including phenoxy) is 3. The van der Waals surface area contributed by atoms with E-state index in [4.69, 9.17) is 14.2 Å². The lowest BCUT2D eigenvalue weighted by atomic mass is 10.2. The van der Waals surface area contributed by atoms with Crippen LogP contribution in [0.1, 0.15) is 49.9 Å². The Morgan fingerprint density at radius 2 is 1.77 bits per heavy atom. The topological polar surface area (TPSA) is 89.5 Å². The summed E-state index contributed by atoms with van der Waals surface area (Å²) in [5.74, 6) is -0.164. The van der Waals surface area contributed by atoms with Crippen molar-refractivity contribution in [1.82, 2.24) is 0 Å². The number of methoxy groups -OCH3 is 1. The number of carbonyl (C=O) groups is 2. The van der Waals surface area contributed by atoms with Crippen molar-refractivity contribution >= 4 is 12.1 Å². The van der Waals surface area contributed by atoms with Gasteiger partial charge in [-0.1, -0.05) is 26.2 Å². The highest BCUT2D eigenvalue weighted by Gasteiger charge is 2.14. The molecule has 146 valence electrons. The molecule has 0 N–H and O–H groups in total. The van der Waals surface area contributed by atoms with Crippen LogP contribution in [0.25, 0.3) is 0 Å². The summed E-state index contributed by atoms with van der Waals surface area (Å²) in [7, 11) is 1.46. The summed E-state index contributed by atoms with van der Waals surface area (Å²) in [6, 6.07) is 6.34. The highest BCUT2D eigenvalue weighted by molar-refractivity contribution is 5.89. The molecule has 0 bridgehead atoms. The van der Waals surface area contributed by atoms with E-state index >= 15 is 0 Å². The third-order valence-corrected chi connectivity index (χ3v) is 3.27. The number of rotatable bonds is 12. The van der Waals surface area contributed by atoms with Crippen molar-refractivity contribution in [3.05, 3.63) is 29.8 Å². The number of benzene rings is 1. The molecule has 0 aliphatic heterocycles. The first kappa shape index (κ1) is 21.7. The van der Waals surface area contributed by atoms with Crippen LogP contribution in [-0.2, 0) is 24.3 Å². The van der Waals surface area contributed by atoms with Crippen LogP contribution in [0.5, 0.6) is 5.75 Å². The zero-order chi connectivity index (χ0) is 19.2. The van der Waals surface area contributed by atoms with Crippen LogP contribution in [0.4, 0.5) is 4.79 Å². The maximum absolute atomic E-state index is 11.8. The van der Waals surface area contributed by atoms with E-state index in [0.717, 1.165) is 12.8 Å². The summed E-state index contributed by atoms with van der Waals surface area (Å²) in [6.07, 6.45) is 2.81. The minimum Gasteiger partial charge on any atom is -0.494 e. The Morgan fingerprint density at radius 1 is 1.04 bits per heavy atom. The number of hydrogen-bond acceptors (Lipinski definition) is 8. The third-order valence-electron chi connectivity index (χ3n) is 3.27. The normalized spacial score (nSPS) is 11.5. The number of carbonyl (C=O) groups excluding carboxylic acids is 2. The van der Waals surface area contributed by atoms with Crippen molar-refractivity contribution in [2.24, 2.45) is 0 Å². The molecule has 8 nitrogen and oxygen atoms in total. The third kappa shape index (κ3) is 9.24. The van der Waals surface area contributed by atoms with Crippen LogP contribution in [0.3, 0.4) is 0 Å². The van der Waals surface area contributed by atoms with Gasteiger partial charge in [-0.15, -0.1) is 0 Å². The second-order valence-electron chi connectivity index (χ2n) is 5.59. The maximum Gasteiger partial charge on any atom is 0.543 e. The second-order valence-corrected chi connectivity index (χ2v) is 5.59. The molecule has 1 unspecified atom stereocenters. The van der Waals surface area contributed by atoms with Gasteiger partial charge in [0.1, 0.15) is 11.9 Å². The highest BCUT2D eigenvalue weighted by Crippen LogP contribution is 2.14. The molecule has 8 heteroatoms. The molecule has 0 saturated carbocycles. The molecule has 0 heterocycles. The molecule has 0 amide bonds. The standard InChI is InChI=1S/C18H26O8/c1-4-5-6-7-12-22-16-10-8-15(9-11-16)17(19)24-26-25-18(20)23-14(2)13-21-3/h8-11,14H,4-7,12-13H2,1-3H3. The fourth-order valence-electron chi connectivity index (χ4n) is 1.98. The SMILES string of the molecule is CCCCCCOc1ccc(C(=O)OOOC(=O)OC(C)COC)cc1. The fraction of sp³-hybridized carbons (Fsp3) is 0.556. The molecule has 1 rings (SSSR count). The lowest BCUT2D eigenvalue weighted by Gasteiger charge is -2.10.